The van der Waals surface area contributed by atoms with Crippen molar-refractivity contribution in [3.05, 3.63) is 0 Å². The number of fused-ring (bicyclic) bond motifs is 1. The Kier molecular flexibility index (Phi) is 2.10. The number of piperazine rings is 1. The molecule has 2 rings (SSSR count). The summed E-state index contributed by atoms with van der Waals surface area (Å²) >= 11 is 0. The maximum atomic E-state index is 9.01. The van der Waals surface area contributed by atoms with Crippen LogP contribution in [0.4, 0.5) is 0 Å². The van der Waals surface area contributed by atoms with E-state index >= 15 is 0 Å². The molecule has 0 saturated carbocycles. The van der Waals surface area contributed by atoms with Gasteiger partial charge < -0.3 is 10.4 Å². The fourth-order valence-corrected chi connectivity index (χ4v) is 2.41. The lowest BCUT2D eigenvalue weighted by Crippen LogP contribution is -2.61. The Labute approximate surface area is 73.8 Å². The molecule has 0 radical (unpaired) electrons. The first-order valence-electron chi connectivity index (χ1n) is 4.84. The Bertz CT molecular complexity index is 174. The first-order chi connectivity index (χ1) is 5.74. The van der Waals surface area contributed by atoms with Crippen molar-refractivity contribution >= 4 is 0 Å². The summed E-state index contributed by atoms with van der Waals surface area (Å²) in [6, 6.07) is 0.302. The summed E-state index contributed by atoms with van der Waals surface area (Å²) in [5, 5.41) is 12.4. The second-order valence-corrected chi connectivity index (χ2v) is 4.31. The lowest BCUT2D eigenvalue weighted by atomic mass is 9.95. The quantitative estimate of drug-likeness (QED) is 0.572. The fraction of sp³-hybridized carbons (Fsp3) is 1.00. The normalized spacial score (nSPS) is 43.0. The molecule has 2 atom stereocenters. The van der Waals surface area contributed by atoms with Crippen molar-refractivity contribution in [3.63, 3.8) is 0 Å². The minimum Gasteiger partial charge on any atom is -0.395 e. The summed E-state index contributed by atoms with van der Waals surface area (Å²) in [6.45, 7) is 5.87. The largest absolute Gasteiger partial charge is 0.395 e. The minimum atomic E-state index is 0.270. The zero-order chi connectivity index (χ0) is 8.60. The average Bonchev–Trinajstić information content (AvgIpc) is 2.45. The summed E-state index contributed by atoms with van der Waals surface area (Å²) < 4.78 is 0. The third-order valence-corrected chi connectivity index (χ3v) is 3.34. The molecule has 3 heteroatoms. The van der Waals surface area contributed by atoms with Gasteiger partial charge in [-0.3, -0.25) is 4.90 Å². The summed E-state index contributed by atoms with van der Waals surface area (Å²) in [5.41, 5.74) is 0.381. The van der Waals surface area contributed by atoms with E-state index in [4.69, 9.17) is 5.11 Å². The molecule has 0 bridgehead atoms. The van der Waals surface area contributed by atoms with Crippen LogP contribution in [0.1, 0.15) is 19.8 Å². The number of aliphatic hydroxyl groups is 1. The topological polar surface area (TPSA) is 35.5 Å². The summed E-state index contributed by atoms with van der Waals surface area (Å²) in [7, 11) is 0. The average molecular weight is 170 g/mol. The van der Waals surface area contributed by atoms with Gasteiger partial charge in [-0.25, -0.2) is 0 Å². The Morgan fingerprint density at radius 1 is 1.67 bits per heavy atom. The number of hydrogen-bond acceptors (Lipinski definition) is 3. The van der Waals surface area contributed by atoms with Gasteiger partial charge in [-0.05, 0) is 26.3 Å². The van der Waals surface area contributed by atoms with Gasteiger partial charge in [0.15, 0.2) is 0 Å². The van der Waals surface area contributed by atoms with Crippen LogP contribution >= 0.6 is 0 Å². The monoisotopic (exact) mass is 170 g/mol. The molecule has 3 nitrogen and oxygen atoms in total. The third-order valence-electron chi connectivity index (χ3n) is 3.34. The first-order valence-corrected chi connectivity index (χ1v) is 4.84. The van der Waals surface area contributed by atoms with Crippen LogP contribution < -0.4 is 5.32 Å². The Morgan fingerprint density at radius 2 is 2.50 bits per heavy atom. The molecule has 0 aromatic carbocycles. The molecule has 0 aromatic heterocycles. The highest BCUT2D eigenvalue weighted by Crippen LogP contribution is 2.30. The van der Waals surface area contributed by atoms with Crippen LogP contribution in [0.2, 0.25) is 0 Å². The smallest absolute Gasteiger partial charge is 0.0597 e. The molecule has 0 amide bonds. The van der Waals surface area contributed by atoms with Gasteiger partial charge in [0.2, 0.25) is 0 Å². The van der Waals surface area contributed by atoms with Crippen molar-refractivity contribution in [2.24, 2.45) is 0 Å². The van der Waals surface area contributed by atoms with E-state index < -0.39 is 0 Å². The lowest BCUT2D eigenvalue weighted by Gasteiger charge is -2.43. The van der Waals surface area contributed by atoms with Crippen LogP contribution in [0.25, 0.3) is 0 Å². The van der Waals surface area contributed by atoms with Gasteiger partial charge in [-0.2, -0.15) is 0 Å². The molecular formula is C9H18N2O. The zero-order valence-corrected chi connectivity index (χ0v) is 7.71. The molecule has 0 spiro atoms. The van der Waals surface area contributed by atoms with Gasteiger partial charge in [-0.1, -0.05) is 0 Å². The SMILES string of the molecule is C[C@@]12CCCN1C[C@H](CO)NC2. The summed E-state index contributed by atoms with van der Waals surface area (Å²) in [5.74, 6) is 0. The Balaban J connectivity index is 2.02. The van der Waals surface area contributed by atoms with Crippen LogP contribution in [-0.2, 0) is 0 Å². The van der Waals surface area contributed by atoms with E-state index in [1.165, 1.54) is 19.4 Å². The van der Waals surface area contributed by atoms with Crippen molar-refractivity contribution in [2.75, 3.05) is 26.2 Å². The Hall–Kier alpha value is -0.120. The predicted octanol–water partition coefficient (Wildman–Crippen LogP) is -0.195. The highest BCUT2D eigenvalue weighted by atomic mass is 16.3. The van der Waals surface area contributed by atoms with Gasteiger partial charge in [0.05, 0.1) is 6.61 Å². The third kappa shape index (κ3) is 1.26. The van der Waals surface area contributed by atoms with E-state index in [-0.39, 0.29) is 6.61 Å². The molecule has 0 aromatic rings. The molecule has 0 unspecified atom stereocenters. The second-order valence-electron chi connectivity index (χ2n) is 4.31. The number of nitrogens with one attached hydrogen (secondary N) is 1. The molecule has 2 N–H and O–H groups in total. The van der Waals surface area contributed by atoms with Gasteiger partial charge in [0.25, 0.3) is 0 Å². The molecule has 2 heterocycles. The maximum Gasteiger partial charge on any atom is 0.0597 e. The van der Waals surface area contributed by atoms with E-state index in [0.29, 0.717) is 11.6 Å². The highest BCUT2D eigenvalue weighted by Gasteiger charge is 2.40. The van der Waals surface area contributed by atoms with Crippen LogP contribution in [0.15, 0.2) is 0 Å². The van der Waals surface area contributed by atoms with Crippen molar-refractivity contribution in [1.82, 2.24) is 10.2 Å². The van der Waals surface area contributed by atoms with Crippen molar-refractivity contribution in [1.29, 1.82) is 0 Å². The lowest BCUT2D eigenvalue weighted by molar-refractivity contribution is 0.0724. The van der Waals surface area contributed by atoms with Crippen LogP contribution in [-0.4, -0.2) is 47.8 Å². The van der Waals surface area contributed by atoms with E-state index in [9.17, 15) is 0 Å². The second kappa shape index (κ2) is 2.98. The molecule has 2 saturated heterocycles. The fourth-order valence-electron chi connectivity index (χ4n) is 2.41. The Morgan fingerprint density at radius 3 is 3.25 bits per heavy atom. The molecule has 12 heavy (non-hydrogen) atoms. The number of rotatable bonds is 1. The van der Waals surface area contributed by atoms with E-state index in [0.717, 1.165) is 13.1 Å². The highest BCUT2D eigenvalue weighted by molar-refractivity contribution is 4.99. The molecule has 0 aliphatic carbocycles. The van der Waals surface area contributed by atoms with E-state index in [1.807, 2.05) is 0 Å². The van der Waals surface area contributed by atoms with Crippen molar-refractivity contribution < 1.29 is 5.11 Å². The molecular weight excluding hydrogens is 152 g/mol. The molecule has 2 fully saturated rings. The van der Waals surface area contributed by atoms with Gasteiger partial charge >= 0.3 is 0 Å². The minimum absolute atomic E-state index is 0.270. The standard InChI is InChI=1S/C9H18N2O/c1-9-3-2-4-11(9)5-8(6-12)10-7-9/h8,10,12H,2-7H2,1H3/t8-,9+/m1/s1. The number of hydrogen-bond donors (Lipinski definition) is 2. The van der Waals surface area contributed by atoms with Crippen molar-refractivity contribution in [3.8, 4) is 0 Å². The van der Waals surface area contributed by atoms with Gasteiger partial charge in [-0.15, -0.1) is 0 Å². The molecule has 70 valence electrons. The van der Waals surface area contributed by atoms with Gasteiger partial charge in [0.1, 0.15) is 0 Å². The van der Waals surface area contributed by atoms with Crippen LogP contribution in [0.3, 0.4) is 0 Å². The van der Waals surface area contributed by atoms with Crippen LogP contribution in [0.5, 0.6) is 0 Å². The molecule has 2 aliphatic rings. The number of aliphatic hydroxyl groups excluding tert-OH is 1. The van der Waals surface area contributed by atoms with E-state index in [2.05, 4.69) is 17.1 Å². The van der Waals surface area contributed by atoms with Crippen LogP contribution in [0, 0.1) is 0 Å². The predicted molar refractivity (Wildman–Crippen MR) is 48.1 cm³/mol. The van der Waals surface area contributed by atoms with E-state index in [1.54, 1.807) is 0 Å². The summed E-state index contributed by atoms with van der Waals surface area (Å²) in [6.07, 6.45) is 2.62. The first kappa shape index (κ1) is 8.48. The number of nitrogens with zero attached hydrogens (tertiary/aromatic N) is 1. The molecule has 2 aliphatic heterocycles. The van der Waals surface area contributed by atoms with Crippen molar-refractivity contribution in [2.45, 2.75) is 31.3 Å². The van der Waals surface area contributed by atoms with Gasteiger partial charge in [0, 0.05) is 24.7 Å². The summed E-state index contributed by atoms with van der Waals surface area (Å²) in [4.78, 5) is 2.52. The zero-order valence-electron chi connectivity index (χ0n) is 7.71. The maximum absolute atomic E-state index is 9.01.